The molecule has 2 N–H and O–H groups in total. The SMILES string of the molecule is CCNC(=NCc1coc(-c2ccccc2)n1)NCc1cccs1. The van der Waals surface area contributed by atoms with E-state index in [4.69, 9.17) is 4.42 Å². The molecular formula is C18H20N4OS. The molecule has 0 aliphatic carbocycles. The van der Waals surface area contributed by atoms with Crippen LogP contribution in [0.2, 0.25) is 0 Å². The molecule has 0 saturated carbocycles. The minimum atomic E-state index is 0.468. The molecule has 6 heteroatoms. The van der Waals surface area contributed by atoms with E-state index in [2.05, 4.69) is 32.1 Å². The highest BCUT2D eigenvalue weighted by Gasteiger charge is 2.06. The van der Waals surface area contributed by atoms with Crippen LogP contribution in [0.5, 0.6) is 0 Å². The Morgan fingerprint density at radius 1 is 1.17 bits per heavy atom. The molecule has 2 aromatic heterocycles. The van der Waals surface area contributed by atoms with Crippen LogP contribution in [0.1, 0.15) is 17.5 Å². The summed E-state index contributed by atoms with van der Waals surface area (Å²) in [5, 5.41) is 8.63. The molecule has 24 heavy (non-hydrogen) atoms. The second-order valence-electron chi connectivity index (χ2n) is 5.14. The van der Waals surface area contributed by atoms with Crippen molar-refractivity contribution in [3.8, 4) is 11.5 Å². The van der Waals surface area contributed by atoms with Crippen molar-refractivity contribution in [1.82, 2.24) is 15.6 Å². The fourth-order valence-electron chi connectivity index (χ4n) is 2.18. The summed E-state index contributed by atoms with van der Waals surface area (Å²) in [6.07, 6.45) is 1.66. The highest BCUT2D eigenvalue weighted by atomic mass is 32.1. The first-order chi connectivity index (χ1) is 11.8. The number of oxazole rings is 1. The number of hydrogen-bond acceptors (Lipinski definition) is 4. The second-order valence-corrected chi connectivity index (χ2v) is 6.17. The molecule has 124 valence electrons. The van der Waals surface area contributed by atoms with Gasteiger partial charge in [-0.1, -0.05) is 24.3 Å². The Bertz CT molecular complexity index is 765. The maximum absolute atomic E-state index is 5.54. The molecule has 0 unspecified atom stereocenters. The number of nitrogens with one attached hydrogen (secondary N) is 2. The van der Waals surface area contributed by atoms with E-state index in [9.17, 15) is 0 Å². The van der Waals surface area contributed by atoms with Crippen LogP contribution in [-0.2, 0) is 13.1 Å². The summed E-state index contributed by atoms with van der Waals surface area (Å²) in [4.78, 5) is 10.3. The van der Waals surface area contributed by atoms with Crippen LogP contribution in [0.3, 0.4) is 0 Å². The number of guanidine groups is 1. The molecule has 5 nitrogen and oxygen atoms in total. The molecule has 0 fully saturated rings. The second kappa shape index (κ2) is 8.31. The number of rotatable bonds is 6. The average molecular weight is 340 g/mol. The average Bonchev–Trinajstić information content (AvgIpc) is 3.30. The van der Waals surface area contributed by atoms with E-state index in [1.807, 2.05) is 43.3 Å². The van der Waals surface area contributed by atoms with Crippen LogP contribution < -0.4 is 10.6 Å². The monoisotopic (exact) mass is 340 g/mol. The zero-order chi connectivity index (χ0) is 16.6. The Balaban J connectivity index is 1.62. The lowest BCUT2D eigenvalue weighted by atomic mass is 10.2. The number of hydrogen-bond donors (Lipinski definition) is 2. The first kappa shape index (κ1) is 16.3. The van der Waals surface area contributed by atoms with Gasteiger partial charge in [-0.2, -0.15) is 0 Å². The Morgan fingerprint density at radius 2 is 2.04 bits per heavy atom. The summed E-state index contributed by atoms with van der Waals surface area (Å²) in [5.41, 5.74) is 1.78. The predicted molar refractivity (Wildman–Crippen MR) is 97.9 cm³/mol. The summed E-state index contributed by atoms with van der Waals surface area (Å²) in [6.45, 7) is 4.09. The molecule has 3 aromatic rings. The van der Waals surface area contributed by atoms with Gasteiger partial charge in [-0.15, -0.1) is 11.3 Å². The normalized spacial score (nSPS) is 11.5. The summed E-state index contributed by atoms with van der Waals surface area (Å²) in [7, 11) is 0. The third-order valence-corrected chi connectivity index (χ3v) is 4.20. The molecule has 3 rings (SSSR count). The largest absolute Gasteiger partial charge is 0.444 e. The number of benzene rings is 1. The van der Waals surface area contributed by atoms with Gasteiger partial charge in [0, 0.05) is 17.0 Å². The zero-order valence-corrected chi connectivity index (χ0v) is 14.3. The molecule has 0 atom stereocenters. The van der Waals surface area contributed by atoms with Crippen molar-refractivity contribution in [3.05, 3.63) is 64.7 Å². The quantitative estimate of drug-likeness (QED) is 0.531. The molecular weight excluding hydrogens is 320 g/mol. The van der Waals surface area contributed by atoms with Gasteiger partial charge in [-0.25, -0.2) is 9.98 Å². The van der Waals surface area contributed by atoms with E-state index in [1.54, 1.807) is 17.6 Å². The molecule has 2 heterocycles. The van der Waals surface area contributed by atoms with Crippen LogP contribution in [0.25, 0.3) is 11.5 Å². The van der Waals surface area contributed by atoms with Crippen molar-refractivity contribution in [3.63, 3.8) is 0 Å². The number of aromatic nitrogens is 1. The van der Waals surface area contributed by atoms with E-state index in [0.717, 1.165) is 30.3 Å². The van der Waals surface area contributed by atoms with E-state index in [0.29, 0.717) is 12.4 Å². The molecule has 0 spiro atoms. The molecule has 0 saturated heterocycles. The van der Waals surface area contributed by atoms with Gasteiger partial charge in [0.25, 0.3) is 0 Å². The number of nitrogens with zero attached hydrogens (tertiary/aromatic N) is 2. The van der Waals surface area contributed by atoms with Gasteiger partial charge >= 0.3 is 0 Å². The molecule has 1 aromatic carbocycles. The van der Waals surface area contributed by atoms with E-state index in [1.165, 1.54) is 4.88 Å². The fourth-order valence-corrected chi connectivity index (χ4v) is 2.82. The van der Waals surface area contributed by atoms with Crippen molar-refractivity contribution in [2.75, 3.05) is 6.54 Å². The third-order valence-electron chi connectivity index (χ3n) is 3.33. The van der Waals surface area contributed by atoms with Gasteiger partial charge in [0.15, 0.2) is 5.96 Å². The predicted octanol–water partition coefficient (Wildman–Crippen LogP) is 3.66. The van der Waals surface area contributed by atoms with Gasteiger partial charge in [-0.05, 0) is 30.5 Å². The standard InChI is InChI=1S/C18H20N4OS/c1-2-19-18(21-12-16-9-6-10-24-16)20-11-15-13-23-17(22-15)14-7-4-3-5-8-14/h3-10,13H,2,11-12H2,1H3,(H2,19,20,21). The van der Waals surface area contributed by atoms with Crippen molar-refractivity contribution < 1.29 is 4.42 Å². The lowest BCUT2D eigenvalue weighted by molar-refractivity contribution is 0.572. The van der Waals surface area contributed by atoms with Crippen LogP contribution >= 0.6 is 11.3 Å². The molecule has 0 aliphatic heterocycles. The number of aliphatic imine (C=N–C) groups is 1. The maximum atomic E-state index is 5.54. The minimum absolute atomic E-state index is 0.468. The summed E-state index contributed by atoms with van der Waals surface area (Å²) >= 11 is 1.73. The molecule has 0 radical (unpaired) electrons. The van der Waals surface area contributed by atoms with Crippen LogP contribution in [-0.4, -0.2) is 17.5 Å². The van der Waals surface area contributed by atoms with Gasteiger partial charge < -0.3 is 15.1 Å². The van der Waals surface area contributed by atoms with Crippen molar-refractivity contribution in [2.45, 2.75) is 20.0 Å². The lowest BCUT2D eigenvalue weighted by Gasteiger charge is -2.09. The van der Waals surface area contributed by atoms with E-state index in [-0.39, 0.29) is 0 Å². The molecule has 0 bridgehead atoms. The van der Waals surface area contributed by atoms with E-state index < -0.39 is 0 Å². The van der Waals surface area contributed by atoms with Crippen LogP contribution in [0, 0.1) is 0 Å². The van der Waals surface area contributed by atoms with Crippen LogP contribution in [0.15, 0.2) is 63.5 Å². The van der Waals surface area contributed by atoms with E-state index >= 15 is 0 Å². The molecule has 0 amide bonds. The van der Waals surface area contributed by atoms with Gasteiger partial charge in [-0.3, -0.25) is 0 Å². The summed E-state index contributed by atoms with van der Waals surface area (Å²) < 4.78 is 5.54. The number of thiophene rings is 1. The Kier molecular flexibility index (Phi) is 5.63. The van der Waals surface area contributed by atoms with Crippen LogP contribution in [0.4, 0.5) is 0 Å². The summed E-state index contributed by atoms with van der Waals surface area (Å²) in [5.74, 6) is 1.40. The van der Waals surface area contributed by atoms with Crippen molar-refractivity contribution in [2.24, 2.45) is 4.99 Å². The van der Waals surface area contributed by atoms with Gasteiger partial charge in [0.05, 0.1) is 13.1 Å². The fraction of sp³-hybridized carbons (Fsp3) is 0.222. The van der Waals surface area contributed by atoms with Gasteiger partial charge in [0.1, 0.15) is 12.0 Å². The first-order valence-corrected chi connectivity index (χ1v) is 8.77. The highest BCUT2D eigenvalue weighted by molar-refractivity contribution is 7.09. The first-order valence-electron chi connectivity index (χ1n) is 7.89. The van der Waals surface area contributed by atoms with Gasteiger partial charge in [0.2, 0.25) is 5.89 Å². The zero-order valence-electron chi connectivity index (χ0n) is 13.5. The van der Waals surface area contributed by atoms with Crippen molar-refractivity contribution >= 4 is 17.3 Å². The highest BCUT2D eigenvalue weighted by Crippen LogP contribution is 2.18. The Morgan fingerprint density at radius 3 is 2.79 bits per heavy atom. The Hall–Kier alpha value is -2.60. The van der Waals surface area contributed by atoms with Crippen molar-refractivity contribution in [1.29, 1.82) is 0 Å². The smallest absolute Gasteiger partial charge is 0.226 e. The third kappa shape index (κ3) is 4.45. The molecule has 0 aliphatic rings. The minimum Gasteiger partial charge on any atom is -0.444 e. The maximum Gasteiger partial charge on any atom is 0.226 e. The topological polar surface area (TPSA) is 62.5 Å². The summed E-state index contributed by atoms with van der Waals surface area (Å²) in [6, 6.07) is 14.0. The lowest BCUT2D eigenvalue weighted by Crippen LogP contribution is -2.36. The Labute approximate surface area is 145 Å².